The van der Waals surface area contributed by atoms with Crippen LogP contribution in [0.25, 0.3) is 0 Å². The first-order valence-corrected chi connectivity index (χ1v) is 10.3. The second kappa shape index (κ2) is 7.60. The number of nitrogens with one attached hydrogen (secondary N) is 1. The number of carboxylic acids is 1. The summed E-state index contributed by atoms with van der Waals surface area (Å²) in [6.45, 7) is 3.33. The van der Waals surface area contributed by atoms with E-state index in [4.69, 9.17) is 9.47 Å². The van der Waals surface area contributed by atoms with Gasteiger partial charge in [0.1, 0.15) is 18.3 Å². The maximum absolute atomic E-state index is 11.4. The van der Waals surface area contributed by atoms with E-state index < -0.39 is 42.8 Å². The Morgan fingerprint density at radius 2 is 2.00 bits per heavy atom. The number of aliphatic hydroxyl groups is 3. The van der Waals surface area contributed by atoms with Crippen LogP contribution < -0.4 is 10.2 Å². The summed E-state index contributed by atoms with van der Waals surface area (Å²) in [6, 6.07) is 6.34. The Morgan fingerprint density at radius 3 is 2.80 bits per heavy atom. The molecule has 3 heterocycles. The van der Waals surface area contributed by atoms with E-state index in [9.17, 15) is 25.2 Å². The summed E-state index contributed by atoms with van der Waals surface area (Å²) < 4.78 is 11.3. The SMILES string of the molecule is O=C(O)C1OC(OC2C=CC3c4cccc5c4N(CCNC5)CC23)C(O)C(O)C1O. The summed E-state index contributed by atoms with van der Waals surface area (Å²) in [7, 11) is 0. The molecule has 0 saturated carbocycles. The van der Waals surface area contributed by atoms with Crippen molar-refractivity contribution in [3.63, 3.8) is 0 Å². The van der Waals surface area contributed by atoms with Gasteiger partial charge in [-0.1, -0.05) is 30.4 Å². The Balaban J connectivity index is 1.38. The number of nitrogens with zero attached hydrogens (tertiary/aromatic N) is 1. The first kappa shape index (κ1) is 19.9. The monoisotopic (exact) mass is 418 g/mol. The molecule has 30 heavy (non-hydrogen) atoms. The number of ether oxygens (including phenoxy) is 2. The number of anilines is 1. The van der Waals surface area contributed by atoms with Crippen molar-refractivity contribution in [2.45, 2.75) is 49.3 Å². The number of aliphatic carboxylic acids is 1. The fourth-order valence-corrected chi connectivity index (χ4v) is 5.13. The molecule has 0 bridgehead atoms. The molecule has 1 aromatic rings. The second-order valence-electron chi connectivity index (χ2n) is 8.39. The predicted octanol–water partition coefficient (Wildman–Crippen LogP) is -0.843. The number of fused-ring (bicyclic) bond motifs is 2. The molecule has 1 fully saturated rings. The highest BCUT2D eigenvalue weighted by Crippen LogP contribution is 2.47. The Labute approximate surface area is 173 Å². The second-order valence-corrected chi connectivity index (χ2v) is 8.39. The van der Waals surface area contributed by atoms with Crippen LogP contribution in [-0.2, 0) is 20.8 Å². The highest BCUT2D eigenvalue weighted by Gasteiger charge is 2.50. The van der Waals surface area contributed by atoms with Gasteiger partial charge in [0.15, 0.2) is 12.4 Å². The third-order valence-electron chi connectivity index (χ3n) is 6.63. The average Bonchev–Trinajstić information content (AvgIpc) is 3.01. The molecule has 9 nitrogen and oxygen atoms in total. The number of carbonyl (C=O) groups is 1. The van der Waals surface area contributed by atoms with Gasteiger partial charge in [0.2, 0.25) is 0 Å². The molecular formula is C21H26N2O7. The highest BCUT2D eigenvalue weighted by molar-refractivity contribution is 5.73. The van der Waals surface area contributed by atoms with E-state index >= 15 is 0 Å². The lowest BCUT2D eigenvalue weighted by Crippen LogP contribution is -2.61. The van der Waals surface area contributed by atoms with Gasteiger partial charge in [-0.3, -0.25) is 0 Å². The molecular weight excluding hydrogens is 392 g/mol. The lowest BCUT2D eigenvalue weighted by atomic mass is 9.81. The van der Waals surface area contributed by atoms with Crippen molar-refractivity contribution in [2.24, 2.45) is 5.92 Å². The third-order valence-corrected chi connectivity index (χ3v) is 6.63. The standard InChI is InChI=1S/C21H26N2O7/c24-16-17(25)19(20(27)28)30-21(18(16)26)29-14-5-4-11-12-3-1-2-10-8-22-6-7-23(15(10)12)9-13(11)14/h1-5,11,13-14,16-19,21-22,24-26H,6-9H2,(H,27,28). The van der Waals surface area contributed by atoms with Gasteiger partial charge < -0.3 is 40.1 Å². The summed E-state index contributed by atoms with van der Waals surface area (Å²) in [6.07, 6.45) is -4.37. The van der Waals surface area contributed by atoms with E-state index in [1.54, 1.807) is 0 Å². The molecule has 0 aromatic heterocycles. The van der Waals surface area contributed by atoms with E-state index in [1.165, 1.54) is 16.8 Å². The van der Waals surface area contributed by atoms with Gasteiger partial charge in [0.25, 0.3) is 0 Å². The lowest BCUT2D eigenvalue weighted by Gasteiger charge is -2.43. The highest BCUT2D eigenvalue weighted by atomic mass is 16.7. The Hall–Kier alpha value is -2.01. The molecule has 8 unspecified atom stereocenters. The minimum absolute atomic E-state index is 0.0638. The van der Waals surface area contributed by atoms with Crippen LogP contribution in [0.4, 0.5) is 5.69 Å². The number of rotatable bonds is 3. The predicted molar refractivity (Wildman–Crippen MR) is 105 cm³/mol. The van der Waals surface area contributed by atoms with Gasteiger partial charge in [0.05, 0.1) is 6.10 Å². The minimum Gasteiger partial charge on any atom is -0.479 e. The average molecular weight is 418 g/mol. The summed E-state index contributed by atoms with van der Waals surface area (Å²) in [5, 5.41) is 43.0. The van der Waals surface area contributed by atoms with Crippen LogP contribution in [0.5, 0.6) is 0 Å². The maximum atomic E-state index is 11.4. The van der Waals surface area contributed by atoms with E-state index in [0.717, 1.165) is 26.2 Å². The Kier molecular flexibility index (Phi) is 5.04. The van der Waals surface area contributed by atoms with Gasteiger partial charge >= 0.3 is 5.97 Å². The minimum atomic E-state index is -1.73. The molecule has 1 saturated heterocycles. The zero-order valence-corrected chi connectivity index (χ0v) is 16.3. The van der Waals surface area contributed by atoms with Gasteiger partial charge in [-0.05, 0) is 11.1 Å². The van der Waals surface area contributed by atoms with Gasteiger partial charge in [0, 0.05) is 43.7 Å². The molecule has 9 heteroatoms. The van der Waals surface area contributed by atoms with E-state index in [0.29, 0.717) is 0 Å². The van der Waals surface area contributed by atoms with Gasteiger partial charge in [-0.25, -0.2) is 4.79 Å². The summed E-state index contributed by atoms with van der Waals surface area (Å²) in [4.78, 5) is 13.7. The molecule has 4 aliphatic rings. The van der Waals surface area contributed by atoms with Crippen molar-refractivity contribution >= 4 is 11.7 Å². The first-order valence-electron chi connectivity index (χ1n) is 10.3. The topological polar surface area (TPSA) is 132 Å². The van der Waals surface area contributed by atoms with Crippen molar-refractivity contribution in [1.29, 1.82) is 0 Å². The van der Waals surface area contributed by atoms with Crippen LogP contribution in [-0.4, -0.2) is 82.8 Å². The molecule has 0 radical (unpaired) electrons. The molecule has 162 valence electrons. The van der Waals surface area contributed by atoms with Crippen molar-refractivity contribution in [3.8, 4) is 0 Å². The van der Waals surface area contributed by atoms with Crippen LogP contribution in [0.15, 0.2) is 30.4 Å². The van der Waals surface area contributed by atoms with Crippen molar-refractivity contribution < 1.29 is 34.7 Å². The largest absolute Gasteiger partial charge is 0.479 e. The number of hydrogen-bond donors (Lipinski definition) is 5. The van der Waals surface area contributed by atoms with Crippen LogP contribution in [0.1, 0.15) is 17.0 Å². The van der Waals surface area contributed by atoms with Gasteiger partial charge in [-0.2, -0.15) is 0 Å². The number of aliphatic hydroxyl groups excluding tert-OH is 3. The summed E-state index contributed by atoms with van der Waals surface area (Å²) in [5.74, 6) is -1.21. The van der Waals surface area contributed by atoms with Crippen LogP contribution >= 0.6 is 0 Å². The number of carboxylic acid groups (broad SMARTS) is 1. The van der Waals surface area contributed by atoms with Crippen molar-refractivity contribution in [1.82, 2.24) is 5.32 Å². The quantitative estimate of drug-likeness (QED) is 0.399. The van der Waals surface area contributed by atoms with E-state index in [-0.39, 0.29) is 11.8 Å². The lowest BCUT2D eigenvalue weighted by molar-refractivity contribution is -0.303. The molecule has 1 aromatic carbocycles. The normalized spacial score (nSPS) is 39.9. The molecule has 1 aliphatic carbocycles. The first-order chi connectivity index (χ1) is 14.5. The fourth-order valence-electron chi connectivity index (χ4n) is 5.13. The fraction of sp³-hybridized carbons (Fsp3) is 0.571. The zero-order chi connectivity index (χ0) is 21.0. The molecule has 5 rings (SSSR count). The molecule has 3 aliphatic heterocycles. The molecule has 8 atom stereocenters. The molecule has 0 spiro atoms. The van der Waals surface area contributed by atoms with Crippen LogP contribution in [0.2, 0.25) is 0 Å². The van der Waals surface area contributed by atoms with Gasteiger partial charge in [-0.15, -0.1) is 0 Å². The molecule has 0 amide bonds. The van der Waals surface area contributed by atoms with Crippen molar-refractivity contribution in [2.75, 3.05) is 24.5 Å². The number of hydrogen-bond acceptors (Lipinski definition) is 8. The van der Waals surface area contributed by atoms with E-state index in [2.05, 4.69) is 34.5 Å². The third kappa shape index (κ3) is 3.13. The summed E-state index contributed by atoms with van der Waals surface area (Å²) in [5.41, 5.74) is 3.78. The Morgan fingerprint density at radius 1 is 1.17 bits per heavy atom. The smallest absolute Gasteiger partial charge is 0.335 e. The zero-order valence-electron chi connectivity index (χ0n) is 16.3. The van der Waals surface area contributed by atoms with Crippen LogP contribution in [0.3, 0.4) is 0 Å². The van der Waals surface area contributed by atoms with E-state index in [1.807, 2.05) is 6.08 Å². The number of allylic oxidation sites excluding steroid dienone is 1. The maximum Gasteiger partial charge on any atom is 0.335 e. The number of para-hydroxylation sites is 1. The Bertz CT molecular complexity index is 862. The molecule has 5 N–H and O–H groups in total. The van der Waals surface area contributed by atoms with Crippen LogP contribution in [0, 0.1) is 5.92 Å². The summed E-state index contributed by atoms with van der Waals surface area (Å²) >= 11 is 0. The number of benzene rings is 1. The van der Waals surface area contributed by atoms with Crippen molar-refractivity contribution in [3.05, 3.63) is 41.5 Å².